The Bertz CT molecular complexity index is 713. The number of rotatable bonds is 5. The molecular weight excluding hydrogens is 383 g/mol. The van der Waals surface area contributed by atoms with Gasteiger partial charge in [-0.1, -0.05) is 19.1 Å². The molecule has 1 unspecified atom stereocenters. The Morgan fingerprint density at radius 3 is 2.21 bits per heavy atom. The van der Waals surface area contributed by atoms with Crippen LogP contribution in [0.1, 0.15) is 35.7 Å². The third-order valence-electron chi connectivity index (χ3n) is 5.91. The van der Waals surface area contributed by atoms with Crippen LogP contribution in [0.5, 0.6) is 0 Å². The number of ketones is 1. The Kier molecular flexibility index (Phi) is 6.95. The van der Waals surface area contributed by atoms with Gasteiger partial charge in [-0.25, -0.2) is 0 Å². The molecule has 2 heterocycles. The molecule has 1 aromatic rings. The first-order valence-corrected chi connectivity index (χ1v) is 10.2. The van der Waals surface area contributed by atoms with Crippen molar-refractivity contribution < 1.29 is 22.8 Å². The van der Waals surface area contributed by atoms with Crippen molar-refractivity contribution in [2.75, 3.05) is 52.4 Å². The number of carbonyl (C=O) groups is 2. The zero-order valence-corrected chi connectivity index (χ0v) is 16.7. The molecule has 2 saturated heterocycles. The molecule has 2 fully saturated rings. The Hall–Kier alpha value is -1.93. The molecule has 2 aliphatic rings. The van der Waals surface area contributed by atoms with Crippen molar-refractivity contribution in [3.05, 3.63) is 35.4 Å². The Labute approximate surface area is 169 Å². The molecular formula is C21H28F3N3O2. The maximum absolute atomic E-state index is 12.8. The maximum Gasteiger partial charge on any atom is 0.416 e. The normalized spacial score (nSPS) is 21.9. The molecule has 0 aliphatic carbocycles. The highest BCUT2D eigenvalue weighted by atomic mass is 19.4. The average molecular weight is 411 g/mol. The fraction of sp³-hybridized carbons (Fsp3) is 0.619. The van der Waals surface area contributed by atoms with E-state index in [4.69, 9.17) is 0 Å². The summed E-state index contributed by atoms with van der Waals surface area (Å²) >= 11 is 0. The predicted molar refractivity (Wildman–Crippen MR) is 104 cm³/mol. The maximum atomic E-state index is 12.8. The predicted octanol–water partition coefficient (Wildman–Crippen LogP) is 2.76. The van der Waals surface area contributed by atoms with Crippen molar-refractivity contribution in [2.45, 2.75) is 25.9 Å². The topological polar surface area (TPSA) is 43.9 Å². The summed E-state index contributed by atoms with van der Waals surface area (Å²) < 4.78 is 38.1. The van der Waals surface area contributed by atoms with Crippen molar-refractivity contribution in [3.8, 4) is 0 Å². The SMILES string of the molecule is CCN1CCN(CC(=O)N2CCCC(C(=O)c3ccc(C(F)(F)F)cc3)C2)CC1. The fourth-order valence-corrected chi connectivity index (χ4v) is 4.03. The molecule has 0 saturated carbocycles. The van der Waals surface area contributed by atoms with Gasteiger partial charge in [0, 0.05) is 50.7 Å². The Morgan fingerprint density at radius 2 is 1.62 bits per heavy atom. The smallest absolute Gasteiger partial charge is 0.341 e. The first-order chi connectivity index (χ1) is 13.8. The van der Waals surface area contributed by atoms with E-state index in [1.165, 1.54) is 12.1 Å². The summed E-state index contributed by atoms with van der Waals surface area (Å²) in [6.45, 7) is 8.11. The van der Waals surface area contributed by atoms with Crippen LogP contribution in [0.3, 0.4) is 0 Å². The molecule has 0 aromatic heterocycles. The second-order valence-corrected chi connectivity index (χ2v) is 7.83. The van der Waals surface area contributed by atoms with Crippen LogP contribution in [0.2, 0.25) is 0 Å². The van der Waals surface area contributed by atoms with Gasteiger partial charge in [0.15, 0.2) is 5.78 Å². The number of nitrogens with zero attached hydrogens (tertiary/aromatic N) is 3. The van der Waals surface area contributed by atoms with Crippen LogP contribution in [0.25, 0.3) is 0 Å². The van der Waals surface area contributed by atoms with Crippen LogP contribution in [-0.4, -0.2) is 78.7 Å². The standard InChI is InChI=1S/C21H28F3N3O2/c1-2-25-10-12-26(13-11-25)15-19(28)27-9-3-4-17(14-27)20(29)16-5-7-18(8-6-16)21(22,23)24/h5-8,17H,2-4,9-15H2,1H3. The number of likely N-dealkylation sites (tertiary alicyclic amines) is 1. The average Bonchev–Trinajstić information content (AvgIpc) is 2.73. The molecule has 29 heavy (non-hydrogen) atoms. The van der Waals surface area contributed by atoms with Crippen molar-refractivity contribution in [1.29, 1.82) is 0 Å². The van der Waals surface area contributed by atoms with Crippen LogP contribution in [0, 0.1) is 5.92 Å². The number of Topliss-reactive ketones (excluding diaryl/α,β-unsaturated/α-hetero) is 1. The van der Waals surface area contributed by atoms with Crippen LogP contribution in [0.4, 0.5) is 13.2 Å². The second kappa shape index (κ2) is 9.26. The van der Waals surface area contributed by atoms with Gasteiger partial charge < -0.3 is 9.80 Å². The molecule has 0 spiro atoms. The van der Waals surface area contributed by atoms with Gasteiger partial charge in [-0.3, -0.25) is 14.5 Å². The molecule has 0 N–H and O–H groups in total. The molecule has 3 rings (SSSR count). The number of alkyl halides is 3. The number of hydrogen-bond acceptors (Lipinski definition) is 4. The summed E-state index contributed by atoms with van der Waals surface area (Å²) in [6.07, 6.45) is -3.04. The highest BCUT2D eigenvalue weighted by Crippen LogP contribution is 2.30. The molecule has 5 nitrogen and oxygen atoms in total. The molecule has 1 aromatic carbocycles. The monoisotopic (exact) mass is 411 g/mol. The van der Waals surface area contributed by atoms with Crippen molar-refractivity contribution in [2.24, 2.45) is 5.92 Å². The first kappa shape index (κ1) is 21.8. The third kappa shape index (κ3) is 5.57. The minimum absolute atomic E-state index is 0.0277. The number of hydrogen-bond donors (Lipinski definition) is 0. The van der Waals surface area contributed by atoms with E-state index in [2.05, 4.69) is 16.7 Å². The molecule has 2 aliphatic heterocycles. The zero-order valence-electron chi connectivity index (χ0n) is 16.7. The zero-order chi connectivity index (χ0) is 21.0. The number of benzene rings is 1. The lowest BCUT2D eigenvalue weighted by atomic mass is 9.89. The summed E-state index contributed by atoms with van der Waals surface area (Å²) in [7, 11) is 0. The van der Waals surface area contributed by atoms with Gasteiger partial charge in [-0.15, -0.1) is 0 Å². The van der Waals surface area contributed by atoms with Crippen LogP contribution in [-0.2, 0) is 11.0 Å². The van der Waals surface area contributed by atoms with E-state index in [0.717, 1.165) is 51.3 Å². The van der Waals surface area contributed by atoms with Gasteiger partial charge in [0.25, 0.3) is 0 Å². The van der Waals surface area contributed by atoms with Crippen LogP contribution < -0.4 is 0 Å². The number of piperidine rings is 1. The number of likely N-dealkylation sites (N-methyl/N-ethyl adjacent to an activating group) is 1. The summed E-state index contributed by atoms with van der Waals surface area (Å²) in [4.78, 5) is 31.7. The minimum Gasteiger partial charge on any atom is -0.341 e. The fourth-order valence-electron chi connectivity index (χ4n) is 4.03. The highest BCUT2D eigenvalue weighted by molar-refractivity contribution is 5.98. The van der Waals surface area contributed by atoms with Crippen molar-refractivity contribution >= 4 is 11.7 Å². The highest BCUT2D eigenvalue weighted by Gasteiger charge is 2.32. The summed E-state index contributed by atoms with van der Waals surface area (Å²) in [5.74, 6) is -0.519. The van der Waals surface area contributed by atoms with E-state index in [-0.39, 0.29) is 23.2 Å². The molecule has 0 radical (unpaired) electrons. The molecule has 1 atom stereocenters. The summed E-state index contributed by atoms with van der Waals surface area (Å²) in [6, 6.07) is 4.35. The third-order valence-corrected chi connectivity index (χ3v) is 5.91. The van der Waals surface area contributed by atoms with E-state index in [9.17, 15) is 22.8 Å². The summed E-state index contributed by atoms with van der Waals surface area (Å²) in [5, 5.41) is 0. The molecule has 1 amide bonds. The molecule has 8 heteroatoms. The van der Waals surface area contributed by atoms with Gasteiger partial charge in [0.1, 0.15) is 0 Å². The van der Waals surface area contributed by atoms with Crippen molar-refractivity contribution in [3.63, 3.8) is 0 Å². The Morgan fingerprint density at radius 1 is 1.00 bits per heavy atom. The van der Waals surface area contributed by atoms with E-state index in [1.54, 1.807) is 4.90 Å². The number of halogens is 3. The van der Waals surface area contributed by atoms with Gasteiger partial charge in [-0.2, -0.15) is 13.2 Å². The van der Waals surface area contributed by atoms with Crippen LogP contribution >= 0.6 is 0 Å². The van der Waals surface area contributed by atoms with Gasteiger partial charge in [-0.05, 0) is 31.5 Å². The molecule has 160 valence electrons. The van der Waals surface area contributed by atoms with Gasteiger partial charge >= 0.3 is 6.18 Å². The lowest BCUT2D eigenvalue weighted by Gasteiger charge is -2.36. The number of carbonyl (C=O) groups excluding carboxylic acids is 2. The van der Waals surface area contributed by atoms with Crippen LogP contribution in [0.15, 0.2) is 24.3 Å². The Balaban J connectivity index is 1.55. The number of amides is 1. The van der Waals surface area contributed by atoms with Crippen molar-refractivity contribution in [1.82, 2.24) is 14.7 Å². The lowest BCUT2D eigenvalue weighted by molar-refractivity contribution is -0.137. The quantitative estimate of drug-likeness (QED) is 0.699. The number of piperazine rings is 1. The first-order valence-electron chi connectivity index (χ1n) is 10.2. The molecule has 0 bridgehead atoms. The summed E-state index contributed by atoms with van der Waals surface area (Å²) in [5.41, 5.74) is -0.495. The second-order valence-electron chi connectivity index (χ2n) is 7.83. The largest absolute Gasteiger partial charge is 0.416 e. The van der Waals surface area contributed by atoms with Gasteiger partial charge in [0.05, 0.1) is 12.1 Å². The van der Waals surface area contributed by atoms with E-state index in [1.807, 2.05) is 0 Å². The van der Waals surface area contributed by atoms with Gasteiger partial charge in [0.2, 0.25) is 5.91 Å². The van der Waals surface area contributed by atoms with E-state index < -0.39 is 11.7 Å². The van der Waals surface area contributed by atoms with E-state index in [0.29, 0.717) is 26.1 Å². The minimum atomic E-state index is -4.42. The van der Waals surface area contributed by atoms with E-state index >= 15 is 0 Å². The lowest BCUT2D eigenvalue weighted by Crippen LogP contribution is -2.51.